The van der Waals surface area contributed by atoms with Crippen LogP contribution < -0.4 is 0 Å². The Balaban J connectivity index is 1.78. The molecule has 18 heavy (non-hydrogen) atoms. The smallest absolute Gasteiger partial charge is 0.207 e. The van der Waals surface area contributed by atoms with Gasteiger partial charge in [0, 0.05) is 12.8 Å². The predicted molar refractivity (Wildman–Crippen MR) is 68.8 cm³/mol. The summed E-state index contributed by atoms with van der Waals surface area (Å²) in [6.45, 7) is 0. The molecule has 0 nitrogen and oxygen atoms in total. The van der Waals surface area contributed by atoms with Crippen LogP contribution in [0.5, 0.6) is 0 Å². The van der Waals surface area contributed by atoms with E-state index >= 15 is 0 Å². The van der Waals surface area contributed by atoms with Crippen molar-refractivity contribution in [2.75, 3.05) is 0 Å². The van der Waals surface area contributed by atoms with Gasteiger partial charge >= 0.3 is 0 Å². The Morgan fingerprint density at radius 2 is 1.33 bits per heavy atom. The summed E-state index contributed by atoms with van der Waals surface area (Å²) in [7, 11) is 0. The molecular formula is C16H14F2. The van der Waals surface area contributed by atoms with Crippen molar-refractivity contribution in [3.8, 4) is 11.1 Å². The van der Waals surface area contributed by atoms with Gasteiger partial charge < -0.3 is 0 Å². The minimum Gasteiger partial charge on any atom is -0.207 e. The van der Waals surface area contributed by atoms with Gasteiger partial charge in [0.15, 0.2) is 0 Å². The van der Waals surface area contributed by atoms with Gasteiger partial charge in [-0.1, -0.05) is 54.6 Å². The molecule has 0 bridgehead atoms. The Morgan fingerprint density at radius 1 is 0.778 bits per heavy atom. The van der Waals surface area contributed by atoms with Gasteiger partial charge in [0.05, 0.1) is 0 Å². The lowest BCUT2D eigenvalue weighted by molar-refractivity contribution is -0.0867. The van der Waals surface area contributed by atoms with Crippen molar-refractivity contribution in [2.45, 2.75) is 24.7 Å². The fourth-order valence-corrected chi connectivity index (χ4v) is 2.48. The lowest BCUT2D eigenvalue weighted by atomic mass is 9.76. The molecule has 1 aliphatic carbocycles. The Kier molecular flexibility index (Phi) is 2.66. The molecule has 1 saturated carbocycles. The monoisotopic (exact) mass is 244 g/mol. The minimum atomic E-state index is -2.44. The molecule has 0 radical (unpaired) electrons. The highest BCUT2D eigenvalue weighted by atomic mass is 19.3. The maximum Gasteiger partial charge on any atom is 0.249 e. The molecule has 2 aromatic rings. The topological polar surface area (TPSA) is 0 Å². The molecule has 1 aliphatic rings. The molecule has 0 amide bonds. The first-order chi connectivity index (χ1) is 8.64. The summed E-state index contributed by atoms with van der Waals surface area (Å²) in [5, 5.41) is 0. The van der Waals surface area contributed by atoms with Crippen LogP contribution in [0.3, 0.4) is 0 Å². The fraction of sp³-hybridized carbons (Fsp3) is 0.250. The van der Waals surface area contributed by atoms with Crippen molar-refractivity contribution in [3.05, 3.63) is 60.2 Å². The van der Waals surface area contributed by atoms with Crippen molar-refractivity contribution in [2.24, 2.45) is 0 Å². The van der Waals surface area contributed by atoms with Gasteiger partial charge in [-0.25, -0.2) is 8.78 Å². The lowest BCUT2D eigenvalue weighted by Crippen LogP contribution is -2.33. The van der Waals surface area contributed by atoms with Gasteiger partial charge in [-0.05, 0) is 22.6 Å². The second kappa shape index (κ2) is 4.20. The molecular weight excluding hydrogens is 230 g/mol. The zero-order valence-electron chi connectivity index (χ0n) is 9.94. The molecule has 0 unspecified atom stereocenters. The van der Waals surface area contributed by atoms with Crippen LogP contribution in [-0.4, -0.2) is 5.92 Å². The predicted octanol–water partition coefficient (Wildman–Crippen LogP) is 4.87. The van der Waals surface area contributed by atoms with E-state index in [9.17, 15) is 8.78 Å². The Labute approximate surface area is 105 Å². The van der Waals surface area contributed by atoms with Gasteiger partial charge in [0.25, 0.3) is 0 Å². The fourth-order valence-electron chi connectivity index (χ4n) is 2.48. The van der Waals surface area contributed by atoms with Gasteiger partial charge in [-0.3, -0.25) is 0 Å². The average molecular weight is 244 g/mol. The molecule has 0 heterocycles. The number of halogens is 2. The third-order valence-electron chi connectivity index (χ3n) is 3.58. The van der Waals surface area contributed by atoms with Crippen LogP contribution in [0.15, 0.2) is 54.6 Å². The van der Waals surface area contributed by atoms with Gasteiger partial charge in [-0.2, -0.15) is 0 Å². The number of alkyl halides is 2. The number of hydrogen-bond acceptors (Lipinski definition) is 0. The van der Waals surface area contributed by atoms with E-state index in [0.717, 1.165) is 16.7 Å². The standard InChI is InChI=1S/C16H14F2/c17-16(18)10-15(11-16)14-8-6-13(7-9-14)12-4-2-1-3-5-12/h1-9,15H,10-11H2. The second-order valence-corrected chi connectivity index (χ2v) is 4.95. The van der Waals surface area contributed by atoms with Crippen LogP contribution in [0, 0.1) is 0 Å². The number of benzene rings is 2. The molecule has 0 aliphatic heterocycles. The summed E-state index contributed by atoms with van der Waals surface area (Å²) < 4.78 is 25.6. The molecule has 3 rings (SSSR count). The van der Waals surface area contributed by atoms with E-state index in [4.69, 9.17) is 0 Å². The van der Waals surface area contributed by atoms with Gasteiger partial charge in [0.2, 0.25) is 5.92 Å². The highest BCUT2D eigenvalue weighted by Crippen LogP contribution is 2.48. The van der Waals surface area contributed by atoms with Gasteiger partial charge in [0.1, 0.15) is 0 Å². The Morgan fingerprint density at radius 3 is 1.89 bits per heavy atom. The Bertz CT molecular complexity index is 521. The highest BCUT2D eigenvalue weighted by molar-refractivity contribution is 5.63. The van der Waals surface area contributed by atoms with Crippen LogP contribution in [-0.2, 0) is 0 Å². The van der Waals surface area contributed by atoms with Crippen molar-refractivity contribution in [1.82, 2.24) is 0 Å². The number of rotatable bonds is 2. The SMILES string of the molecule is FC1(F)CC(c2ccc(-c3ccccc3)cc2)C1. The largest absolute Gasteiger partial charge is 0.249 e. The first-order valence-corrected chi connectivity index (χ1v) is 6.17. The zero-order chi connectivity index (χ0) is 12.6. The van der Waals surface area contributed by atoms with Crippen LogP contribution in [0.2, 0.25) is 0 Å². The summed E-state index contributed by atoms with van der Waals surface area (Å²) >= 11 is 0. The highest BCUT2D eigenvalue weighted by Gasteiger charge is 2.45. The quantitative estimate of drug-likeness (QED) is 0.707. The van der Waals surface area contributed by atoms with E-state index in [1.165, 1.54) is 0 Å². The molecule has 0 N–H and O–H groups in total. The molecule has 2 aromatic carbocycles. The minimum absolute atomic E-state index is 0.00230. The zero-order valence-corrected chi connectivity index (χ0v) is 9.94. The summed E-state index contributed by atoms with van der Waals surface area (Å²) in [5.41, 5.74) is 3.31. The Hall–Kier alpha value is -1.70. The molecule has 2 heteroatoms. The van der Waals surface area contributed by atoms with E-state index in [2.05, 4.69) is 0 Å². The van der Waals surface area contributed by atoms with Crippen molar-refractivity contribution in [1.29, 1.82) is 0 Å². The molecule has 0 atom stereocenters. The van der Waals surface area contributed by atoms with Crippen molar-refractivity contribution in [3.63, 3.8) is 0 Å². The maximum absolute atomic E-state index is 12.8. The van der Waals surface area contributed by atoms with E-state index < -0.39 is 5.92 Å². The van der Waals surface area contributed by atoms with Crippen molar-refractivity contribution < 1.29 is 8.78 Å². The van der Waals surface area contributed by atoms with E-state index in [1.54, 1.807) is 0 Å². The summed E-state index contributed by atoms with van der Waals surface area (Å²) in [4.78, 5) is 0. The van der Waals surface area contributed by atoms with E-state index in [1.807, 2.05) is 54.6 Å². The average Bonchev–Trinajstić information content (AvgIpc) is 2.37. The summed E-state index contributed by atoms with van der Waals surface area (Å²) in [6, 6.07) is 18.0. The normalized spacial score (nSPS) is 18.3. The summed E-state index contributed by atoms with van der Waals surface area (Å²) in [6.07, 6.45) is -0.00460. The van der Waals surface area contributed by atoms with Crippen LogP contribution in [0.4, 0.5) is 8.78 Å². The maximum atomic E-state index is 12.8. The molecule has 0 saturated heterocycles. The van der Waals surface area contributed by atoms with Gasteiger partial charge in [-0.15, -0.1) is 0 Å². The second-order valence-electron chi connectivity index (χ2n) is 4.95. The van der Waals surface area contributed by atoms with Crippen LogP contribution in [0.25, 0.3) is 11.1 Å². The molecule has 0 spiro atoms. The molecule has 0 aromatic heterocycles. The molecule has 1 fully saturated rings. The van der Waals surface area contributed by atoms with E-state index in [-0.39, 0.29) is 18.8 Å². The third-order valence-corrected chi connectivity index (χ3v) is 3.58. The first kappa shape index (κ1) is 11.4. The van der Waals surface area contributed by atoms with Crippen LogP contribution in [0.1, 0.15) is 24.3 Å². The lowest BCUT2D eigenvalue weighted by Gasteiger charge is -2.35. The first-order valence-electron chi connectivity index (χ1n) is 6.17. The van der Waals surface area contributed by atoms with Crippen LogP contribution >= 0.6 is 0 Å². The third kappa shape index (κ3) is 2.15. The van der Waals surface area contributed by atoms with Crippen molar-refractivity contribution >= 4 is 0 Å². The number of hydrogen-bond donors (Lipinski definition) is 0. The summed E-state index contributed by atoms with van der Waals surface area (Å²) in [5.74, 6) is -2.41. The molecule has 92 valence electrons. The van der Waals surface area contributed by atoms with E-state index in [0.29, 0.717) is 0 Å².